The monoisotopic (exact) mass is 351 g/mol. The van der Waals surface area contributed by atoms with Gasteiger partial charge in [0.1, 0.15) is 0 Å². The van der Waals surface area contributed by atoms with Crippen LogP contribution in [-0.4, -0.2) is 29.9 Å². The Hall–Kier alpha value is -2.33. The van der Waals surface area contributed by atoms with E-state index in [-0.39, 0.29) is 17.9 Å². The molecule has 0 aromatic heterocycles. The Morgan fingerprint density at radius 3 is 2.46 bits per heavy atom. The second kappa shape index (κ2) is 8.37. The first-order chi connectivity index (χ1) is 12.5. The van der Waals surface area contributed by atoms with Crippen LogP contribution >= 0.6 is 0 Å². The molecule has 2 aromatic rings. The second-order valence-corrected chi connectivity index (χ2v) is 7.34. The number of anilines is 1. The van der Waals surface area contributed by atoms with E-state index in [1.54, 1.807) is 0 Å². The van der Waals surface area contributed by atoms with Crippen molar-refractivity contribution in [2.24, 2.45) is 11.7 Å². The summed E-state index contributed by atoms with van der Waals surface area (Å²) in [6.45, 7) is 5.61. The summed E-state index contributed by atoms with van der Waals surface area (Å²) in [7, 11) is 0. The second-order valence-electron chi connectivity index (χ2n) is 7.34. The van der Waals surface area contributed by atoms with Gasteiger partial charge in [0.2, 0.25) is 5.91 Å². The number of carbonyl (C=O) groups excluding carboxylic acids is 1. The fraction of sp³-hybridized carbons (Fsp3) is 0.409. The lowest BCUT2D eigenvalue weighted by Gasteiger charge is -2.35. The number of nitrogens with two attached hydrogens (primary N) is 1. The number of rotatable bonds is 5. The van der Waals surface area contributed by atoms with Crippen LogP contribution in [0.2, 0.25) is 0 Å². The molecule has 1 amide bonds. The van der Waals surface area contributed by atoms with Crippen molar-refractivity contribution in [3.05, 3.63) is 65.7 Å². The molecule has 2 unspecified atom stereocenters. The minimum atomic E-state index is -0.258. The quantitative estimate of drug-likeness (QED) is 0.863. The van der Waals surface area contributed by atoms with Gasteiger partial charge in [-0.3, -0.25) is 4.79 Å². The molecule has 0 saturated carbocycles. The molecule has 1 heterocycles. The highest BCUT2D eigenvalue weighted by Gasteiger charge is 2.29. The number of nitrogens with one attached hydrogen (secondary N) is 1. The van der Waals surface area contributed by atoms with Gasteiger partial charge in [-0.1, -0.05) is 49.4 Å². The highest BCUT2D eigenvalue weighted by molar-refractivity contribution is 5.79. The maximum absolute atomic E-state index is 12.8. The molecule has 0 aliphatic carbocycles. The summed E-state index contributed by atoms with van der Waals surface area (Å²) >= 11 is 0. The predicted octanol–water partition coefficient (Wildman–Crippen LogP) is 3.73. The minimum absolute atomic E-state index is 0.162. The molecule has 4 nitrogen and oxygen atoms in total. The van der Waals surface area contributed by atoms with E-state index < -0.39 is 0 Å². The third-order valence-electron chi connectivity index (χ3n) is 5.31. The number of piperidine rings is 1. The van der Waals surface area contributed by atoms with Gasteiger partial charge >= 0.3 is 0 Å². The van der Waals surface area contributed by atoms with Gasteiger partial charge in [0, 0.05) is 30.9 Å². The largest absolute Gasteiger partial charge is 0.382 e. The van der Waals surface area contributed by atoms with Crippen molar-refractivity contribution >= 4 is 11.6 Å². The Labute approximate surface area is 156 Å². The number of aryl methyl sites for hydroxylation is 1. The van der Waals surface area contributed by atoms with Crippen LogP contribution in [0.1, 0.15) is 36.9 Å². The molecule has 3 rings (SSSR count). The topological polar surface area (TPSA) is 58.4 Å². The van der Waals surface area contributed by atoms with Crippen molar-refractivity contribution in [2.75, 3.05) is 18.4 Å². The van der Waals surface area contributed by atoms with E-state index in [0.29, 0.717) is 6.04 Å². The van der Waals surface area contributed by atoms with Gasteiger partial charge in [-0.2, -0.15) is 0 Å². The van der Waals surface area contributed by atoms with Crippen molar-refractivity contribution in [1.82, 2.24) is 4.90 Å². The van der Waals surface area contributed by atoms with Gasteiger partial charge in [-0.25, -0.2) is 0 Å². The minimum Gasteiger partial charge on any atom is -0.382 e. The Kier molecular flexibility index (Phi) is 5.94. The lowest BCUT2D eigenvalue weighted by molar-refractivity contribution is -0.136. The molecule has 1 aliphatic heterocycles. The molecule has 0 radical (unpaired) electrons. The van der Waals surface area contributed by atoms with Crippen LogP contribution in [0, 0.1) is 12.8 Å². The number of likely N-dealkylation sites (tertiary alicyclic amines) is 1. The molecular weight excluding hydrogens is 322 g/mol. The lowest BCUT2D eigenvalue weighted by Crippen LogP contribution is -2.46. The normalized spacial score (nSPS) is 17.6. The Balaban J connectivity index is 1.53. The van der Waals surface area contributed by atoms with Gasteiger partial charge < -0.3 is 16.0 Å². The van der Waals surface area contributed by atoms with Crippen LogP contribution in [0.25, 0.3) is 0 Å². The van der Waals surface area contributed by atoms with Crippen LogP contribution in [-0.2, 0) is 4.79 Å². The molecule has 2 atom stereocenters. The molecule has 1 aliphatic rings. The summed E-state index contributed by atoms with van der Waals surface area (Å²) in [5.74, 6) is -0.0472. The number of benzene rings is 2. The maximum atomic E-state index is 12.8. The summed E-state index contributed by atoms with van der Waals surface area (Å²) in [4.78, 5) is 14.8. The molecule has 1 fully saturated rings. The smallest absolute Gasteiger partial charge is 0.227 e. The molecule has 0 bridgehead atoms. The average Bonchev–Trinajstić information content (AvgIpc) is 2.67. The Morgan fingerprint density at radius 2 is 1.81 bits per heavy atom. The van der Waals surface area contributed by atoms with Crippen LogP contribution in [0.4, 0.5) is 5.69 Å². The van der Waals surface area contributed by atoms with Crippen molar-refractivity contribution < 1.29 is 4.79 Å². The van der Waals surface area contributed by atoms with Gasteiger partial charge in [0.15, 0.2) is 0 Å². The number of nitrogens with zero attached hydrogens (tertiary/aromatic N) is 1. The zero-order valence-corrected chi connectivity index (χ0v) is 15.7. The summed E-state index contributed by atoms with van der Waals surface area (Å²) in [6.07, 6.45) is 1.93. The van der Waals surface area contributed by atoms with Crippen LogP contribution in [0.3, 0.4) is 0 Å². The SMILES string of the molecule is Cc1cccc(NC2CCN(C(=O)C(C)C(N)c3ccccc3)CC2)c1. The zero-order chi connectivity index (χ0) is 18.5. The van der Waals surface area contributed by atoms with Crippen molar-refractivity contribution in [3.63, 3.8) is 0 Å². The molecular formula is C22H29N3O. The van der Waals surface area contributed by atoms with Crippen LogP contribution in [0.15, 0.2) is 54.6 Å². The lowest BCUT2D eigenvalue weighted by atomic mass is 9.93. The number of amides is 1. The first kappa shape index (κ1) is 18.5. The predicted molar refractivity (Wildman–Crippen MR) is 107 cm³/mol. The standard InChI is InChI=1S/C22H29N3O/c1-16-7-6-10-20(15-16)24-19-11-13-25(14-12-19)22(26)17(2)21(23)18-8-4-3-5-9-18/h3-10,15,17,19,21,24H,11-14,23H2,1-2H3. The summed E-state index contributed by atoms with van der Waals surface area (Å²) in [5.41, 5.74) is 9.77. The Morgan fingerprint density at radius 1 is 1.12 bits per heavy atom. The van der Waals surface area contributed by atoms with E-state index in [1.165, 1.54) is 5.56 Å². The van der Waals surface area contributed by atoms with E-state index in [1.807, 2.05) is 42.2 Å². The molecule has 3 N–H and O–H groups in total. The van der Waals surface area contributed by atoms with Gasteiger partial charge in [-0.05, 0) is 43.0 Å². The molecule has 138 valence electrons. The highest BCUT2D eigenvalue weighted by Crippen LogP contribution is 2.24. The Bertz CT molecular complexity index is 723. The van der Waals surface area contributed by atoms with Crippen molar-refractivity contribution in [3.8, 4) is 0 Å². The number of hydrogen-bond acceptors (Lipinski definition) is 3. The molecule has 26 heavy (non-hydrogen) atoms. The fourth-order valence-corrected chi connectivity index (χ4v) is 3.62. The van der Waals surface area contributed by atoms with Crippen molar-refractivity contribution in [2.45, 2.75) is 38.8 Å². The number of hydrogen-bond donors (Lipinski definition) is 2. The van der Waals surface area contributed by atoms with E-state index in [0.717, 1.165) is 37.2 Å². The van der Waals surface area contributed by atoms with Gasteiger partial charge in [0.25, 0.3) is 0 Å². The van der Waals surface area contributed by atoms with Crippen LogP contribution in [0.5, 0.6) is 0 Å². The average molecular weight is 351 g/mol. The third-order valence-corrected chi connectivity index (χ3v) is 5.31. The maximum Gasteiger partial charge on any atom is 0.227 e. The zero-order valence-electron chi connectivity index (χ0n) is 15.7. The molecule has 4 heteroatoms. The first-order valence-corrected chi connectivity index (χ1v) is 9.47. The molecule has 0 spiro atoms. The van der Waals surface area contributed by atoms with Gasteiger partial charge in [0.05, 0.1) is 5.92 Å². The highest BCUT2D eigenvalue weighted by atomic mass is 16.2. The molecule has 2 aromatic carbocycles. The van der Waals surface area contributed by atoms with E-state index in [9.17, 15) is 4.79 Å². The van der Waals surface area contributed by atoms with Gasteiger partial charge in [-0.15, -0.1) is 0 Å². The van der Waals surface area contributed by atoms with E-state index in [2.05, 4.69) is 36.5 Å². The summed E-state index contributed by atoms with van der Waals surface area (Å²) in [5, 5.41) is 3.60. The van der Waals surface area contributed by atoms with E-state index >= 15 is 0 Å². The first-order valence-electron chi connectivity index (χ1n) is 9.47. The fourth-order valence-electron chi connectivity index (χ4n) is 3.62. The number of carbonyl (C=O) groups is 1. The van der Waals surface area contributed by atoms with Crippen molar-refractivity contribution in [1.29, 1.82) is 0 Å². The van der Waals surface area contributed by atoms with E-state index in [4.69, 9.17) is 5.73 Å². The van der Waals surface area contributed by atoms with Crippen LogP contribution < -0.4 is 11.1 Å². The molecule has 1 saturated heterocycles. The summed E-state index contributed by atoms with van der Waals surface area (Å²) in [6, 6.07) is 18.5. The third kappa shape index (κ3) is 4.44. The summed E-state index contributed by atoms with van der Waals surface area (Å²) < 4.78 is 0.